The number of nitrogens with two attached hydrogens (primary N) is 1. The Hall–Kier alpha value is -3.24. The molecular formula is C19H18F2N2O6. The van der Waals surface area contributed by atoms with E-state index in [0.717, 1.165) is 17.7 Å². The maximum absolute atomic E-state index is 13.1. The molecule has 0 aliphatic carbocycles. The lowest BCUT2D eigenvalue weighted by atomic mass is 10.0. The highest BCUT2D eigenvalue weighted by Crippen LogP contribution is 2.42. The van der Waals surface area contributed by atoms with Crippen molar-refractivity contribution >= 4 is 11.9 Å². The fourth-order valence-electron chi connectivity index (χ4n) is 2.85. The number of aliphatic hydroxyl groups excluding tert-OH is 1. The first-order valence-corrected chi connectivity index (χ1v) is 8.57. The van der Waals surface area contributed by atoms with Crippen LogP contribution < -0.4 is 20.5 Å². The van der Waals surface area contributed by atoms with E-state index in [-0.39, 0.29) is 23.5 Å². The van der Waals surface area contributed by atoms with Gasteiger partial charge in [0.1, 0.15) is 6.10 Å². The SMILES string of the molecule is N[C@H](Cc1ccccc1)[C@H](O)C(=O)N[C@@H](C(=O)O)c1ccc2c(c1)OC(F)(F)O2. The molecule has 3 atom stereocenters. The van der Waals surface area contributed by atoms with Gasteiger partial charge in [-0.2, -0.15) is 0 Å². The van der Waals surface area contributed by atoms with Gasteiger partial charge >= 0.3 is 12.3 Å². The van der Waals surface area contributed by atoms with E-state index in [1.807, 2.05) is 0 Å². The Balaban J connectivity index is 1.71. The lowest BCUT2D eigenvalue weighted by molar-refractivity contribution is -0.286. The Morgan fingerprint density at radius 1 is 1.10 bits per heavy atom. The molecule has 0 saturated carbocycles. The van der Waals surface area contributed by atoms with Crippen LogP contribution in [0.25, 0.3) is 0 Å². The van der Waals surface area contributed by atoms with E-state index in [1.165, 1.54) is 6.07 Å². The minimum absolute atomic E-state index is 0.0465. The van der Waals surface area contributed by atoms with Gasteiger partial charge in [0.2, 0.25) is 0 Å². The molecule has 0 aromatic heterocycles. The third-order valence-electron chi connectivity index (χ3n) is 4.28. The number of halogens is 2. The summed E-state index contributed by atoms with van der Waals surface area (Å²) >= 11 is 0. The van der Waals surface area contributed by atoms with Crippen LogP contribution >= 0.6 is 0 Å². The van der Waals surface area contributed by atoms with Crippen LogP contribution in [0.3, 0.4) is 0 Å². The highest BCUT2D eigenvalue weighted by Gasteiger charge is 2.44. The van der Waals surface area contributed by atoms with Crippen molar-refractivity contribution in [2.24, 2.45) is 5.73 Å². The number of fused-ring (bicyclic) bond motifs is 1. The van der Waals surface area contributed by atoms with Crippen LogP contribution in [0.1, 0.15) is 17.2 Å². The largest absolute Gasteiger partial charge is 0.586 e. The highest BCUT2D eigenvalue weighted by atomic mass is 19.3. The van der Waals surface area contributed by atoms with E-state index in [0.29, 0.717) is 0 Å². The van der Waals surface area contributed by atoms with Gasteiger partial charge in [-0.15, -0.1) is 8.78 Å². The van der Waals surface area contributed by atoms with Crippen LogP contribution in [0.5, 0.6) is 11.5 Å². The highest BCUT2D eigenvalue weighted by molar-refractivity contribution is 5.87. The number of aliphatic carboxylic acids is 1. The van der Waals surface area contributed by atoms with Crippen molar-refractivity contribution in [3.05, 3.63) is 59.7 Å². The van der Waals surface area contributed by atoms with E-state index in [1.54, 1.807) is 30.3 Å². The first kappa shape index (κ1) is 20.5. The number of carbonyl (C=O) groups is 2. The maximum atomic E-state index is 13.1. The van der Waals surface area contributed by atoms with Gasteiger partial charge in [-0.1, -0.05) is 36.4 Å². The molecule has 3 rings (SSSR count). The van der Waals surface area contributed by atoms with Crippen LogP contribution in [0.15, 0.2) is 48.5 Å². The number of benzene rings is 2. The average Bonchev–Trinajstić information content (AvgIpc) is 2.98. The zero-order valence-electron chi connectivity index (χ0n) is 14.9. The van der Waals surface area contributed by atoms with Crippen molar-refractivity contribution in [1.29, 1.82) is 0 Å². The average molecular weight is 408 g/mol. The Morgan fingerprint density at radius 2 is 1.76 bits per heavy atom. The summed E-state index contributed by atoms with van der Waals surface area (Å²) in [5.74, 6) is -3.11. The van der Waals surface area contributed by atoms with Crippen molar-refractivity contribution in [1.82, 2.24) is 5.32 Å². The minimum Gasteiger partial charge on any atom is -0.479 e. The quantitative estimate of drug-likeness (QED) is 0.541. The number of amides is 1. The van der Waals surface area contributed by atoms with Crippen LogP contribution in [0, 0.1) is 0 Å². The van der Waals surface area contributed by atoms with Crippen LogP contribution in [-0.2, 0) is 16.0 Å². The molecule has 0 saturated heterocycles. The summed E-state index contributed by atoms with van der Waals surface area (Å²) in [5.41, 5.74) is 6.61. The summed E-state index contributed by atoms with van der Waals surface area (Å²) in [6, 6.07) is 9.61. The molecule has 0 spiro atoms. The van der Waals surface area contributed by atoms with E-state index in [2.05, 4.69) is 14.8 Å². The summed E-state index contributed by atoms with van der Waals surface area (Å²) in [7, 11) is 0. The normalized spacial score (nSPS) is 17.2. The number of nitrogens with one attached hydrogen (secondary N) is 1. The summed E-state index contributed by atoms with van der Waals surface area (Å²) < 4.78 is 34.8. The molecule has 154 valence electrons. The second-order valence-corrected chi connectivity index (χ2v) is 6.45. The number of carboxylic acid groups (broad SMARTS) is 1. The van der Waals surface area contributed by atoms with Crippen LogP contribution in [-0.4, -0.2) is 40.5 Å². The van der Waals surface area contributed by atoms with Gasteiger partial charge in [0.05, 0.1) is 0 Å². The number of aliphatic hydroxyl groups is 1. The summed E-state index contributed by atoms with van der Waals surface area (Å²) in [6.45, 7) is 0. The number of hydrogen-bond acceptors (Lipinski definition) is 6. The Morgan fingerprint density at radius 3 is 2.41 bits per heavy atom. The molecular weight excluding hydrogens is 390 g/mol. The Kier molecular flexibility index (Phi) is 5.66. The third-order valence-corrected chi connectivity index (χ3v) is 4.28. The molecule has 29 heavy (non-hydrogen) atoms. The van der Waals surface area contributed by atoms with Gasteiger partial charge in [-0.05, 0) is 29.7 Å². The van der Waals surface area contributed by atoms with Gasteiger partial charge in [0.25, 0.3) is 5.91 Å². The number of carbonyl (C=O) groups excluding carboxylic acids is 1. The first-order chi connectivity index (χ1) is 13.7. The van der Waals surface area contributed by atoms with Gasteiger partial charge in [0, 0.05) is 6.04 Å². The zero-order valence-corrected chi connectivity index (χ0v) is 14.9. The second-order valence-electron chi connectivity index (χ2n) is 6.45. The van der Waals surface area contributed by atoms with Crippen molar-refractivity contribution in [3.8, 4) is 11.5 Å². The van der Waals surface area contributed by atoms with Crippen LogP contribution in [0.2, 0.25) is 0 Å². The molecule has 1 aliphatic heterocycles. The number of ether oxygens (including phenoxy) is 2. The van der Waals surface area contributed by atoms with Crippen molar-refractivity contribution in [2.75, 3.05) is 0 Å². The molecule has 1 heterocycles. The fourth-order valence-corrected chi connectivity index (χ4v) is 2.85. The molecule has 5 N–H and O–H groups in total. The number of carboxylic acids is 1. The van der Waals surface area contributed by atoms with Crippen molar-refractivity contribution in [3.63, 3.8) is 0 Å². The van der Waals surface area contributed by atoms with Gasteiger partial charge < -0.3 is 30.7 Å². The maximum Gasteiger partial charge on any atom is 0.586 e. The summed E-state index contributed by atoms with van der Waals surface area (Å²) in [6.07, 6.45) is -5.36. The smallest absolute Gasteiger partial charge is 0.479 e. The molecule has 2 aromatic carbocycles. The van der Waals surface area contributed by atoms with E-state index in [9.17, 15) is 28.6 Å². The lowest BCUT2D eigenvalue weighted by Crippen LogP contribution is -2.49. The molecule has 0 fully saturated rings. The molecule has 0 radical (unpaired) electrons. The summed E-state index contributed by atoms with van der Waals surface area (Å²) in [4.78, 5) is 23.9. The van der Waals surface area contributed by atoms with E-state index < -0.39 is 36.4 Å². The molecule has 1 amide bonds. The van der Waals surface area contributed by atoms with Crippen LogP contribution in [0.4, 0.5) is 8.78 Å². The topological polar surface area (TPSA) is 131 Å². The first-order valence-electron chi connectivity index (χ1n) is 8.57. The molecule has 0 bridgehead atoms. The number of rotatable bonds is 7. The number of alkyl halides is 2. The lowest BCUT2D eigenvalue weighted by Gasteiger charge is -2.21. The zero-order chi connectivity index (χ0) is 21.2. The molecule has 10 heteroatoms. The monoisotopic (exact) mass is 408 g/mol. The minimum atomic E-state index is -3.86. The molecule has 0 unspecified atom stereocenters. The van der Waals surface area contributed by atoms with Crippen molar-refractivity contribution in [2.45, 2.75) is 30.9 Å². The Bertz CT molecular complexity index is 909. The van der Waals surface area contributed by atoms with E-state index in [4.69, 9.17) is 5.73 Å². The van der Waals surface area contributed by atoms with Crippen molar-refractivity contribution < 1.29 is 38.1 Å². The standard InChI is InChI=1S/C19H18F2N2O6/c20-19(21)28-13-7-6-11(9-14(13)29-19)15(18(26)27)23-17(25)16(24)12(22)8-10-4-2-1-3-5-10/h1-7,9,12,15-16,24H,8,22H2,(H,23,25)(H,26,27)/t12-,15-,16+/m1/s1. The van der Waals surface area contributed by atoms with Gasteiger partial charge in [0.15, 0.2) is 17.5 Å². The van der Waals surface area contributed by atoms with Gasteiger partial charge in [-0.3, -0.25) is 4.79 Å². The molecule has 1 aliphatic rings. The second kappa shape index (κ2) is 8.02. The predicted molar refractivity (Wildman–Crippen MR) is 95.3 cm³/mol. The Labute approximate surface area is 163 Å². The van der Waals surface area contributed by atoms with Gasteiger partial charge in [-0.25, -0.2) is 4.79 Å². The predicted octanol–water partition coefficient (Wildman–Crippen LogP) is 1.18. The summed E-state index contributed by atoms with van der Waals surface area (Å²) in [5, 5.41) is 21.8. The van der Waals surface area contributed by atoms with E-state index >= 15 is 0 Å². The molecule has 8 nitrogen and oxygen atoms in total. The third kappa shape index (κ3) is 4.79. The molecule has 2 aromatic rings. The number of hydrogen-bond donors (Lipinski definition) is 4. The fraction of sp³-hybridized carbons (Fsp3) is 0.263.